The maximum Gasteiger partial charge on any atom is 0.242 e. The van der Waals surface area contributed by atoms with Crippen LogP contribution in [-0.2, 0) is 9.84 Å². The van der Waals surface area contributed by atoms with Crippen LogP contribution in [0.4, 0.5) is 0 Å². The lowest BCUT2D eigenvalue weighted by atomic mass is 10.2. The van der Waals surface area contributed by atoms with Crippen molar-refractivity contribution in [1.29, 1.82) is 0 Å². The highest BCUT2D eigenvalue weighted by Gasteiger charge is 2.23. The molecule has 6 aromatic rings. The molecule has 3 aromatic carbocycles. The van der Waals surface area contributed by atoms with Crippen LogP contribution in [0.15, 0.2) is 83.3 Å². The fraction of sp³-hybridized carbons (Fsp3) is 0.0400. The van der Waals surface area contributed by atoms with Crippen LogP contribution >= 0.6 is 0 Å². The molecule has 6 rings (SSSR count). The number of hydrogen-bond donors (Lipinski definition) is 0. The van der Waals surface area contributed by atoms with Crippen molar-refractivity contribution >= 4 is 64.9 Å². The van der Waals surface area contributed by atoms with Gasteiger partial charge in [-0.05, 0) is 24.3 Å². The van der Waals surface area contributed by atoms with Gasteiger partial charge in [0.15, 0.2) is 21.1 Å². The number of fused-ring (bicyclic) bond motifs is 5. The summed E-state index contributed by atoms with van der Waals surface area (Å²) in [6.07, 6.45) is 2.75. The number of para-hydroxylation sites is 3. The SMILES string of the molecule is CS(=O)(=O)/C(=C\n1c2ccccc2c2ccccc21)c1nc2nc3ccccc3cc2o1. The fourth-order valence-electron chi connectivity index (χ4n) is 4.09. The second-order valence-electron chi connectivity index (χ2n) is 7.69. The van der Waals surface area contributed by atoms with Crippen LogP contribution in [0, 0.1) is 0 Å². The zero-order valence-corrected chi connectivity index (χ0v) is 17.9. The maximum absolute atomic E-state index is 12.8. The van der Waals surface area contributed by atoms with Crippen LogP contribution in [-0.4, -0.2) is 29.2 Å². The summed E-state index contributed by atoms with van der Waals surface area (Å²) < 4.78 is 33.5. The number of aromatic nitrogens is 3. The summed E-state index contributed by atoms with van der Waals surface area (Å²) in [7, 11) is -3.67. The monoisotopic (exact) mass is 439 g/mol. The molecule has 0 aliphatic carbocycles. The summed E-state index contributed by atoms with van der Waals surface area (Å²) >= 11 is 0. The van der Waals surface area contributed by atoms with Gasteiger partial charge in [0.2, 0.25) is 5.89 Å². The minimum atomic E-state index is -3.67. The summed E-state index contributed by atoms with van der Waals surface area (Å²) in [5, 5.41) is 2.98. The van der Waals surface area contributed by atoms with Gasteiger partial charge in [0, 0.05) is 28.6 Å². The fourth-order valence-corrected chi connectivity index (χ4v) is 4.79. The molecule has 0 fully saturated rings. The predicted molar refractivity (Wildman–Crippen MR) is 128 cm³/mol. The van der Waals surface area contributed by atoms with Crippen LogP contribution in [0.25, 0.3) is 55.0 Å². The number of rotatable bonds is 3. The van der Waals surface area contributed by atoms with Crippen molar-refractivity contribution in [3.8, 4) is 0 Å². The van der Waals surface area contributed by atoms with E-state index < -0.39 is 9.84 Å². The standard InChI is InChI=1S/C25H17N3O3S/c1-32(29,30)23(25-27-24-22(31-25)14-16-8-2-5-11-19(16)26-24)15-28-20-12-6-3-9-17(20)18-10-4-7-13-21(18)28/h2-15H,1H3/b23-15-. The largest absolute Gasteiger partial charge is 0.434 e. The topological polar surface area (TPSA) is 78.0 Å². The Labute approximate surface area is 183 Å². The van der Waals surface area contributed by atoms with E-state index in [1.807, 2.05) is 83.4 Å². The maximum atomic E-state index is 12.8. The molecule has 6 nitrogen and oxygen atoms in total. The first-order chi connectivity index (χ1) is 15.5. The van der Waals surface area contributed by atoms with Crippen molar-refractivity contribution in [3.63, 3.8) is 0 Å². The van der Waals surface area contributed by atoms with Crippen LogP contribution < -0.4 is 0 Å². The van der Waals surface area contributed by atoms with Gasteiger partial charge in [-0.15, -0.1) is 0 Å². The first kappa shape index (κ1) is 18.8. The number of benzene rings is 3. The average Bonchev–Trinajstić information content (AvgIpc) is 3.33. The number of nitrogens with zero attached hydrogens (tertiary/aromatic N) is 3. The smallest absolute Gasteiger partial charge is 0.242 e. The Balaban J connectivity index is 1.65. The van der Waals surface area contributed by atoms with Gasteiger partial charge in [-0.3, -0.25) is 0 Å². The van der Waals surface area contributed by atoms with E-state index in [9.17, 15) is 8.42 Å². The van der Waals surface area contributed by atoms with Crippen LogP contribution in [0.2, 0.25) is 0 Å². The number of sulfone groups is 1. The molecule has 0 aliphatic rings. The van der Waals surface area contributed by atoms with E-state index >= 15 is 0 Å². The normalized spacial score (nSPS) is 13.0. The molecule has 0 aliphatic heterocycles. The minimum Gasteiger partial charge on any atom is -0.434 e. The third-order valence-corrected chi connectivity index (χ3v) is 6.64. The Morgan fingerprint density at radius 1 is 0.875 bits per heavy atom. The summed E-state index contributed by atoms with van der Waals surface area (Å²) in [5.41, 5.74) is 3.38. The first-order valence-corrected chi connectivity index (χ1v) is 11.9. The second-order valence-corrected chi connectivity index (χ2v) is 9.68. The molecule has 156 valence electrons. The Hall–Kier alpha value is -3.97. The summed E-state index contributed by atoms with van der Waals surface area (Å²) in [4.78, 5) is 8.95. The molecule has 32 heavy (non-hydrogen) atoms. The van der Waals surface area contributed by atoms with Crippen molar-refractivity contribution in [3.05, 3.63) is 84.8 Å². The van der Waals surface area contributed by atoms with Gasteiger partial charge in [-0.25, -0.2) is 13.4 Å². The van der Waals surface area contributed by atoms with Crippen LogP contribution in [0.3, 0.4) is 0 Å². The van der Waals surface area contributed by atoms with E-state index in [4.69, 9.17) is 4.42 Å². The van der Waals surface area contributed by atoms with E-state index in [1.165, 1.54) is 0 Å². The third-order valence-electron chi connectivity index (χ3n) is 5.56. The number of pyridine rings is 1. The third kappa shape index (κ3) is 2.90. The van der Waals surface area contributed by atoms with E-state index in [-0.39, 0.29) is 10.8 Å². The zero-order valence-electron chi connectivity index (χ0n) is 17.1. The Morgan fingerprint density at radius 2 is 1.50 bits per heavy atom. The van der Waals surface area contributed by atoms with Crippen LogP contribution in [0.1, 0.15) is 5.89 Å². The van der Waals surface area contributed by atoms with E-state index in [2.05, 4.69) is 9.97 Å². The molecule has 0 bridgehead atoms. The van der Waals surface area contributed by atoms with Gasteiger partial charge < -0.3 is 8.98 Å². The van der Waals surface area contributed by atoms with Gasteiger partial charge in [-0.1, -0.05) is 54.6 Å². The highest BCUT2D eigenvalue weighted by Crippen LogP contribution is 2.32. The van der Waals surface area contributed by atoms with Gasteiger partial charge in [0.25, 0.3) is 0 Å². The van der Waals surface area contributed by atoms with Gasteiger partial charge in [0.05, 0.1) is 16.6 Å². The van der Waals surface area contributed by atoms with Crippen molar-refractivity contribution in [1.82, 2.24) is 14.5 Å². The molecule has 0 atom stereocenters. The second kappa shape index (κ2) is 6.77. The van der Waals surface area contributed by atoms with Crippen LogP contribution in [0.5, 0.6) is 0 Å². The molecular weight excluding hydrogens is 422 g/mol. The molecular formula is C25H17N3O3S. The average molecular weight is 439 g/mol. The molecule has 0 N–H and O–H groups in total. The molecule has 7 heteroatoms. The quantitative estimate of drug-likeness (QED) is 0.365. The highest BCUT2D eigenvalue weighted by atomic mass is 32.2. The van der Waals surface area contributed by atoms with Crippen molar-refractivity contribution in [2.24, 2.45) is 0 Å². The van der Waals surface area contributed by atoms with E-state index in [1.54, 1.807) is 6.20 Å². The Morgan fingerprint density at radius 3 is 2.19 bits per heavy atom. The van der Waals surface area contributed by atoms with E-state index in [0.717, 1.165) is 39.0 Å². The van der Waals surface area contributed by atoms with Gasteiger partial charge in [-0.2, -0.15) is 4.98 Å². The molecule has 0 saturated heterocycles. The molecule has 0 unspecified atom stereocenters. The predicted octanol–water partition coefficient (Wildman–Crippen LogP) is 5.48. The van der Waals surface area contributed by atoms with Gasteiger partial charge >= 0.3 is 0 Å². The van der Waals surface area contributed by atoms with Crippen molar-refractivity contribution in [2.75, 3.05) is 6.26 Å². The van der Waals surface area contributed by atoms with Crippen molar-refractivity contribution in [2.45, 2.75) is 0 Å². The Bertz CT molecular complexity index is 1700. The Kier molecular flexibility index (Phi) is 3.97. The molecule has 0 spiro atoms. The summed E-state index contributed by atoms with van der Waals surface area (Å²) in [5.74, 6) is 0.0205. The molecule has 0 saturated carbocycles. The minimum absolute atomic E-state index is 0.00828. The molecule has 0 amide bonds. The molecule has 0 radical (unpaired) electrons. The van der Waals surface area contributed by atoms with Crippen molar-refractivity contribution < 1.29 is 12.8 Å². The number of oxazole rings is 1. The van der Waals surface area contributed by atoms with Gasteiger partial charge in [0.1, 0.15) is 4.91 Å². The first-order valence-electron chi connectivity index (χ1n) is 10.1. The lowest BCUT2D eigenvalue weighted by molar-refractivity contribution is 0.582. The number of hydrogen-bond acceptors (Lipinski definition) is 5. The zero-order chi connectivity index (χ0) is 21.9. The lowest BCUT2D eigenvalue weighted by Gasteiger charge is -2.05. The summed E-state index contributed by atoms with van der Waals surface area (Å²) in [6.45, 7) is 0. The van der Waals surface area contributed by atoms with E-state index in [0.29, 0.717) is 11.2 Å². The molecule has 3 aromatic heterocycles. The summed E-state index contributed by atoms with van der Waals surface area (Å²) in [6, 6.07) is 25.2. The lowest BCUT2D eigenvalue weighted by Crippen LogP contribution is -2.02. The highest BCUT2D eigenvalue weighted by molar-refractivity contribution is 8.00. The molecule has 3 heterocycles.